The van der Waals surface area contributed by atoms with Crippen LogP contribution in [0.1, 0.15) is 11.3 Å². The van der Waals surface area contributed by atoms with Gasteiger partial charge in [0, 0.05) is 11.1 Å². The highest BCUT2D eigenvalue weighted by atomic mass is 35.5. The molecule has 88 valence electrons. The van der Waals surface area contributed by atoms with E-state index in [1.54, 1.807) is 18.2 Å². The average Bonchev–Trinajstić information content (AvgIpc) is 2.27. The monoisotopic (exact) mass is 248 g/mol. The Bertz CT molecular complexity index is 555. The molecule has 3 nitrogen and oxygen atoms in total. The summed E-state index contributed by atoms with van der Waals surface area (Å²) in [4.78, 5) is 4.25. The third-order valence-corrected chi connectivity index (χ3v) is 2.69. The van der Waals surface area contributed by atoms with Crippen LogP contribution in [-0.2, 0) is 0 Å². The van der Waals surface area contributed by atoms with Crippen LogP contribution in [0.15, 0.2) is 30.3 Å². The van der Waals surface area contributed by atoms with Crippen LogP contribution >= 0.6 is 11.6 Å². The second-order valence-electron chi connectivity index (χ2n) is 3.84. The fourth-order valence-electron chi connectivity index (χ4n) is 1.45. The molecule has 0 aliphatic heterocycles. The molecule has 0 aliphatic rings. The first kappa shape index (κ1) is 11.7. The van der Waals surface area contributed by atoms with E-state index in [2.05, 4.69) is 4.98 Å². The van der Waals surface area contributed by atoms with E-state index in [9.17, 15) is 0 Å². The SMILES string of the molecule is Cc1cc(Cl)ccc1Oc1ccc(N)c(C)n1. The lowest BCUT2D eigenvalue weighted by Gasteiger charge is -2.09. The Labute approximate surface area is 105 Å². The number of hydrogen-bond donors (Lipinski definition) is 1. The fraction of sp³-hybridized carbons (Fsp3) is 0.154. The molecule has 17 heavy (non-hydrogen) atoms. The Morgan fingerprint density at radius 1 is 1.18 bits per heavy atom. The zero-order valence-electron chi connectivity index (χ0n) is 9.70. The van der Waals surface area contributed by atoms with Gasteiger partial charge in [-0.25, -0.2) is 4.98 Å². The summed E-state index contributed by atoms with van der Waals surface area (Å²) in [7, 11) is 0. The Kier molecular flexibility index (Phi) is 3.20. The summed E-state index contributed by atoms with van der Waals surface area (Å²) in [6.45, 7) is 3.78. The predicted octanol–water partition coefficient (Wildman–Crippen LogP) is 3.73. The van der Waals surface area contributed by atoms with E-state index in [0.717, 1.165) is 17.0 Å². The van der Waals surface area contributed by atoms with Gasteiger partial charge in [-0.1, -0.05) is 11.6 Å². The summed E-state index contributed by atoms with van der Waals surface area (Å²) in [6.07, 6.45) is 0. The van der Waals surface area contributed by atoms with Gasteiger partial charge in [0.1, 0.15) is 5.75 Å². The smallest absolute Gasteiger partial charge is 0.219 e. The first-order chi connectivity index (χ1) is 8.06. The Hall–Kier alpha value is -1.74. The average molecular weight is 249 g/mol. The van der Waals surface area contributed by atoms with Gasteiger partial charge in [0.15, 0.2) is 0 Å². The number of aryl methyl sites for hydroxylation is 2. The molecule has 1 aromatic carbocycles. The van der Waals surface area contributed by atoms with Crippen molar-refractivity contribution < 1.29 is 4.74 Å². The van der Waals surface area contributed by atoms with Gasteiger partial charge in [-0.15, -0.1) is 0 Å². The minimum Gasteiger partial charge on any atom is -0.439 e. The highest BCUT2D eigenvalue weighted by molar-refractivity contribution is 6.30. The van der Waals surface area contributed by atoms with Crippen LogP contribution in [-0.4, -0.2) is 4.98 Å². The van der Waals surface area contributed by atoms with E-state index in [1.807, 2.05) is 26.0 Å². The largest absolute Gasteiger partial charge is 0.439 e. The Morgan fingerprint density at radius 2 is 1.94 bits per heavy atom. The minimum atomic E-state index is 0.530. The van der Waals surface area contributed by atoms with Crippen molar-refractivity contribution in [2.24, 2.45) is 0 Å². The van der Waals surface area contributed by atoms with Crippen LogP contribution in [0.2, 0.25) is 5.02 Å². The number of rotatable bonds is 2. The molecule has 0 saturated heterocycles. The number of nitrogens with two attached hydrogens (primary N) is 1. The molecule has 0 amide bonds. The van der Waals surface area contributed by atoms with Crippen molar-refractivity contribution in [1.29, 1.82) is 0 Å². The zero-order valence-corrected chi connectivity index (χ0v) is 10.5. The van der Waals surface area contributed by atoms with Gasteiger partial charge in [-0.05, 0) is 43.7 Å². The predicted molar refractivity (Wildman–Crippen MR) is 69.6 cm³/mol. The van der Waals surface area contributed by atoms with Crippen molar-refractivity contribution >= 4 is 17.3 Å². The van der Waals surface area contributed by atoms with Crippen molar-refractivity contribution in [3.05, 3.63) is 46.6 Å². The van der Waals surface area contributed by atoms with Crippen molar-refractivity contribution in [3.63, 3.8) is 0 Å². The number of pyridine rings is 1. The number of hydrogen-bond acceptors (Lipinski definition) is 3. The molecule has 0 radical (unpaired) electrons. The molecule has 2 aromatic rings. The second-order valence-corrected chi connectivity index (χ2v) is 4.27. The molecule has 0 unspecified atom stereocenters. The normalized spacial score (nSPS) is 10.3. The van der Waals surface area contributed by atoms with Crippen LogP contribution in [0, 0.1) is 13.8 Å². The maximum absolute atomic E-state index is 5.88. The quantitative estimate of drug-likeness (QED) is 0.881. The summed E-state index contributed by atoms with van der Waals surface area (Å²) >= 11 is 5.88. The molecule has 0 saturated carbocycles. The highest BCUT2D eigenvalue weighted by Crippen LogP contribution is 2.26. The zero-order chi connectivity index (χ0) is 12.4. The molecule has 2 rings (SSSR count). The summed E-state index contributed by atoms with van der Waals surface area (Å²) in [5, 5.41) is 0.691. The first-order valence-electron chi connectivity index (χ1n) is 5.23. The molecule has 0 spiro atoms. The van der Waals surface area contributed by atoms with Crippen molar-refractivity contribution in [2.45, 2.75) is 13.8 Å². The number of aromatic nitrogens is 1. The van der Waals surface area contributed by atoms with Gasteiger partial charge in [0.05, 0.1) is 11.4 Å². The van der Waals surface area contributed by atoms with Crippen molar-refractivity contribution in [3.8, 4) is 11.6 Å². The molecule has 1 heterocycles. The second kappa shape index (κ2) is 4.63. The minimum absolute atomic E-state index is 0.530. The van der Waals surface area contributed by atoms with Gasteiger partial charge in [-0.2, -0.15) is 0 Å². The van der Waals surface area contributed by atoms with Crippen LogP contribution in [0.3, 0.4) is 0 Å². The molecule has 0 bridgehead atoms. The van der Waals surface area contributed by atoms with Gasteiger partial charge >= 0.3 is 0 Å². The van der Waals surface area contributed by atoms with E-state index >= 15 is 0 Å². The Balaban J connectivity index is 2.28. The van der Waals surface area contributed by atoms with Crippen molar-refractivity contribution in [1.82, 2.24) is 4.98 Å². The molecule has 2 N–H and O–H groups in total. The molecule has 0 atom stereocenters. The number of benzene rings is 1. The first-order valence-corrected chi connectivity index (χ1v) is 5.61. The molecular weight excluding hydrogens is 236 g/mol. The molecule has 4 heteroatoms. The third-order valence-electron chi connectivity index (χ3n) is 2.45. The van der Waals surface area contributed by atoms with Gasteiger partial charge in [0.2, 0.25) is 5.88 Å². The molecule has 0 aliphatic carbocycles. The van der Waals surface area contributed by atoms with E-state index in [0.29, 0.717) is 16.6 Å². The van der Waals surface area contributed by atoms with Gasteiger partial charge in [-0.3, -0.25) is 0 Å². The maximum atomic E-state index is 5.88. The number of nitrogen functional groups attached to an aromatic ring is 1. The van der Waals surface area contributed by atoms with Crippen molar-refractivity contribution in [2.75, 3.05) is 5.73 Å². The van der Waals surface area contributed by atoms with Crippen LogP contribution in [0.25, 0.3) is 0 Å². The van der Waals surface area contributed by atoms with E-state index in [4.69, 9.17) is 22.1 Å². The van der Waals surface area contributed by atoms with Crippen LogP contribution < -0.4 is 10.5 Å². The van der Waals surface area contributed by atoms with Crippen LogP contribution in [0.5, 0.6) is 11.6 Å². The number of halogens is 1. The van der Waals surface area contributed by atoms with E-state index in [1.165, 1.54) is 0 Å². The van der Waals surface area contributed by atoms with E-state index in [-0.39, 0.29) is 0 Å². The number of anilines is 1. The maximum Gasteiger partial charge on any atom is 0.219 e. The summed E-state index contributed by atoms with van der Waals surface area (Å²) in [5.41, 5.74) is 8.08. The van der Waals surface area contributed by atoms with Gasteiger partial charge < -0.3 is 10.5 Å². The summed E-state index contributed by atoms with van der Waals surface area (Å²) in [5.74, 6) is 1.27. The lowest BCUT2D eigenvalue weighted by Crippen LogP contribution is -1.96. The summed E-state index contributed by atoms with van der Waals surface area (Å²) < 4.78 is 5.67. The third kappa shape index (κ3) is 2.68. The Morgan fingerprint density at radius 3 is 2.59 bits per heavy atom. The van der Waals surface area contributed by atoms with Crippen LogP contribution in [0.4, 0.5) is 5.69 Å². The number of nitrogens with zero attached hydrogens (tertiary/aromatic N) is 1. The lowest BCUT2D eigenvalue weighted by atomic mass is 10.2. The standard InChI is InChI=1S/C13H13ClN2O/c1-8-7-10(14)3-5-12(8)17-13-6-4-11(15)9(2)16-13/h3-7H,15H2,1-2H3. The van der Waals surface area contributed by atoms with E-state index < -0.39 is 0 Å². The molecular formula is C13H13ClN2O. The van der Waals surface area contributed by atoms with Gasteiger partial charge in [0.25, 0.3) is 0 Å². The lowest BCUT2D eigenvalue weighted by molar-refractivity contribution is 0.458. The molecule has 1 aromatic heterocycles. The highest BCUT2D eigenvalue weighted by Gasteiger charge is 2.04. The molecule has 0 fully saturated rings. The topological polar surface area (TPSA) is 48.1 Å². The fourth-order valence-corrected chi connectivity index (χ4v) is 1.67. The summed E-state index contributed by atoms with van der Waals surface area (Å²) in [6, 6.07) is 8.99. The number of ether oxygens (including phenoxy) is 1.